The van der Waals surface area contributed by atoms with Gasteiger partial charge in [-0.1, -0.05) is 17.3 Å². The minimum Gasteiger partial charge on any atom is -0.343 e. The van der Waals surface area contributed by atoms with Crippen molar-refractivity contribution in [2.45, 2.75) is 13.0 Å². The van der Waals surface area contributed by atoms with Crippen LogP contribution in [0, 0.1) is 0 Å². The number of nitrogens with one attached hydrogen (secondary N) is 1. The fraction of sp³-hybridized carbons (Fsp3) is 0.214. The van der Waals surface area contributed by atoms with Crippen LogP contribution in [-0.2, 0) is 13.0 Å². The van der Waals surface area contributed by atoms with Gasteiger partial charge in [0.25, 0.3) is 0 Å². The van der Waals surface area contributed by atoms with E-state index in [-0.39, 0.29) is 0 Å². The van der Waals surface area contributed by atoms with E-state index in [0.29, 0.717) is 0 Å². The summed E-state index contributed by atoms with van der Waals surface area (Å²) in [6.45, 7) is 1.66. The first-order valence-electron chi connectivity index (χ1n) is 6.20. The first-order valence-corrected chi connectivity index (χ1v) is 6.20. The van der Waals surface area contributed by atoms with Crippen molar-refractivity contribution in [2.75, 3.05) is 6.54 Å². The average molecular weight is 254 g/mol. The summed E-state index contributed by atoms with van der Waals surface area (Å²) in [7, 11) is 0. The molecule has 0 bridgehead atoms. The van der Waals surface area contributed by atoms with Gasteiger partial charge in [0, 0.05) is 37.3 Å². The molecule has 1 aromatic carbocycles. The van der Waals surface area contributed by atoms with Gasteiger partial charge in [-0.25, -0.2) is 0 Å². The van der Waals surface area contributed by atoms with Gasteiger partial charge in [-0.15, -0.1) is 0 Å². The topological polar surface area (TPSA) is 63.8 Å². The summed E-state index contributed by atoms with van der Waals surface area (Å²) >= 11 is 0. The Labute approximate surface area is 110 Å². The number of aromatic nitrogens is 3. The molecule has 96 valence electrons. The Balaban J connectivity index is 1.56. The molecule has 0 amide bonds. The van der Waals surface area contributed by atoms with E-state index in [9.17, 15) is 0 Å². The normalized spacial score (nSPS) is 10.9. The second kappa shape index (κ2) is 5.58. The largest absolute Gasteiger partial charge is 0.343 e. The van der Waals surface area contributed by atoms with Crippen molar-refractivity contribution in [1.29, 1.82) is 0 Å². The van der Waals surface area contributed by atoms with Crippen LogP contribution in [0.1, 0.15) is 11.4 Å². The average Bonchev–Trinajstić information content (AvgIpc) is 2.97. The number of nitrogens with zero attached hydrogens (tertiary/aromatic N) is 3. The van der Waals surface area contributed by atoms with Gasteiger partial charge < -0.3 is 9.84 Å². The Hall–Kier alpha value is -2.27. The van der Waals surface area contributed by atoms with Crippen LogP contribution < -0.4 is 5.32 Å². The third-order valence-corrected chi connectivity index (χ3v) is 2.97. The van der Waals surface area contributed by atoms with Gasteiger partial charge in [0.05, 0.1) is 0 Å². The van der Waals surface area contributed by atoms with Gasteiger partial charge in [-0.05, 0) is 23.1 Å². The highest BCUT2D eigenvalue weighted by molar-refractivity contribution is 5.81. The summed E-state index contributed by atoms with van der Waals surface area (Å²) in [6, 6.07) is 8.42. The fourth-order valence-electron chi connectivity index (χ4n) is 1.98. The first-order chi connectivity index (χ1) is 9.42. The molecular formula is C14H14N4O. The van der Waals surface area contributed by atoms with Crippen LogP contribution in [0.2, 0.25) is 0 Å². The van der Waals surface area contributed by atoms with Gasteiger partial charge in [0.15, 0.2) is 5.82 Å². The van der Waals surface area contributed by atoms with Gasteiger partial charge >= 0.3 is 0 Å². The summed E-state index contributed by atoms with van der Waals surface area (Å²) in [5.74, 6) is 0.733. The lowest BCUT2D eigenvalue weighted by Gasteiger charge is -2.05. The van der Waals surface area contributed by atoms with Crippen LogP contribution in [-0.4, -0.2) is 21.7 Å². The molecule has 0 atom stereocenters. The van der Waals surface area contributed by atoms with Gasteiger partial charge in [0.2, 0.25) is 6.39 Å². The second-order valence-electron chi connectivity index (χ2n) is 4.33. The Morgan fingerprint density at radius 2 is 2.16 bits per heavy atom. The maximum absolute atomic E-state index is 4.68. The highest BCUT2D eigenvalue weighted by Gasteiger charge is 1.99. The van der Waals surface area contributed by atoms with Crippen LogP contribution in [0.15, 0.2) is 47.6 Å². The van der Waals surface area contributed by atoms with Gasteiger partial charge in [-0.3, -0.25) is 4.98 Å². The van der Waals surface area contributed by atoms with E-state index in [0.717, 1.165) is 30.7 Å². The maximum Gasteiger partial charge on any atom is 0.213 e. The maximum atomic E-state index is 4.68. The van der Waals surface area contributed by atoms with Crippen molar-refractivity contribution in [3.8, 4) is 0 Å². The Kier molecular flexibility index (Phi) is 3.47. The molecule has 0 aliphatic rings. The molecule has 3 rings (SSSR count). The lowest BCUT2D eigenvalue weighted by molar-refractivity contribution is 0.409. The summed E-state index contributed by atoms with van der Waals surface area (Å²) in [5, 5.41) is 9.52. The van der Waals surface area contributed by atoms with E-state index in [4.69, 9.17) is 0 Å². The molecule has 5 nitrogen and oxygen atoms in total. The standard InChI is InChI=1S/C14H14N4O/c1-2-13-9-16-5-3-12(13)7-11(1)8-15-6-4-14-17-10-19-18-14/h1-3,5,7,9-10,15H,4,6,8H2. The number of benzene rings is 1. The third kappa shape index (κ3) is 2.95. The number of hydrogen-bond acceptors (Lipinski definition) is 5. The van der Waals surface area contributed by atoms with Crippen molar-refractivity contribution in [2.24, 2.45) is 0 Å². The van der Waals surface area contributed by atoms with Crippen molar-refractivity contribution >= 4 is 10.8 Å². The molecule has 0 spiro atoms. The minimum absolute atomic E-state index is 0.733. The Morgan fingerprint density at radius 1 is 1.16 bits per heavy atom. The van der Waals surface area contributed by atoms with E-state index in [1.807, 2.05) is 18.5 Å². The lowest BCUT2D eigenvalue weighted by atomic mass is 10.1. The van der Waals surface area contributed by atoms with Crippen molar-refractivity contribution in [1.82, 2.24) is 20.4 Å². The second-order valence-corrected chi connectivity index (χ2v) is 4.33. The van der Waals surface area contributed by atoms with Crippen LogP contribution >= 0.6 is 0 Å². The van der Waals surface area contributed by atoms with E-state index in [1.165, 1.54) is 17.3 Å². The molecule has 3 aromatic rings. The molecule has 0 unspecified atom stereocenters. The van der Waals surface area contributed by atoms with Crippen LogP contribution in [0.3, 0.4) is 0 Å². The minimum atomic E-state index is 0.733. The smallest absolute Gasteiger partial charge is 0.213 e. The fourth-order valence-corrected chi connectivity index (χ4v) is 1.98. The predicted molar refractivity (Wildman–Crippen MR) is 71.5 cm³/mol. The molecule has 5 heteroatoms. The van der Waals surface area contributed by atoms with Crippen molar-refractivity contribution < 1.29 is 4.52 Å². The first kappa shape index (κ1) is 11.8. The highest BCUT2D eigenvalue weighted by atomic mass is 16.5. The molecular weight excluding hydrogens is 240 g/mol. The number of rotatable bonds is 5. The molecule has 1 N–H and O–H groups in total. The summed E-state index contributed by atoms with van der Waals surface area (Å²) < 4.78 is 4.68. The predicted octanol–water partition coefficient (Wildman–Crippen LogP) is 1.95. The van der Waals surface area contributed by atoms with E-state index >= 15 is 0 Å². The van der Waals surface area contributed by atoms with Crippen LogP contribution in [0.5, 0.6) is 0 Å². The van der Waals surface area contributed by atoms with Gasteiger partial charge in [-0.2, -0.15) is 4.98 Å². The van der Waals surface area contributed by atoms with Crippen molar-refractivity contribution in [3.63, 3.8) is 0 Å². The zero-order chi connectivity index (χ0) is 12.9. The number of hydrogen-bond donors (Lipinski definition) is 1. The number of pyridine rings is 1. The lowest BCUT2D eigenvalue weighted by Crippen LogP contribution is -2.17. The van der Waals surface area contributed by atoms with Crippen molar-refractivity contribution in [3.05, 3.63) is 54.4 Å². The molecule has 0 aliphatic carbocycles. The summed E-state index contributed by atoms with van der Waals surface area (Å²) in [5.41, 5.74) is 1.26. The van der Waals surface area contributed by atoms with Crippen LogP contribution in [0.4, 0.5) is 0 Å². The zero-order valence-electron chi connectivity index (χ0n) is 10.4. The summed E-state index contributed by atoms with van der Waals surface area (Å²) in [6.07, 6.45) is 5.82. The Morgan fingerprint density at radius 3 is 3.05 bits per heavy atom. The molecule has 0 saturated heterocycles. The summed E-state index contributed by atoms with van der Waals surface area (Å²) in [4.78, 5) is 8.09. The van der Waals surface area contributed by atoms with E-state index < -0.39 is 0 Å². The van der Waals surface area contributed by atoms with Crippen LogP contribution in [0.25, 0.3) is 10.8 Å². The SMILES string of the molecule is c1cc2cc(CNCCc3ncon3)ccc2cn1. The molecule has 2 heterocycles. The molecule has 0 radical (unpaired) electrons. The molecule has 19 heavy (non-hydrogen) atoms. The third-order valence-electron chi connectivity index (χ3n) is 2.97. The highest BCUT2D eigenvalue weighted by Crippen LogP contribution is 2.14. The zero-order valence-corrected chi connectivity index (χ0v) is 10.4. The molecule has 0 fully saturated rings. The number of fused-ring (bicyclic) bond motifs is 1. The van der Waals surface area contributed by atoms with Gasteiger partial charge in [0.1, 0.15) is 0 Å². The van der Waals surface area contributed by atoms with E-state index in [1.54, 1.807) is 0 Å². The Bertz CT molecular complexity index is 651. The van der Waals surface area contributed by atoms with E-state index in [2.05, 4.69) is 43.2 Å². The molecule has 0 aliphatic heterocycles. The molecule has 0 saturated carbocycles. The monoisotopic (exact) mass is 254 g/mol. The molecule has 2 aromatic heterocycles. The quantitative estimate of drug-likeness (QED) is 0.705.